The van der Waals surface area contributed by atoms with Crippen molar-refractivity contribution in [3.05, 3.63) is 23.8 Å². The molecule has 0 saturated carbocycles. The number of rotatable bonds is 5. The highest BCUT2D eigenvalue weighted by Gasteiger charge is 2.36. The first-order valence-electron chi connectivity index (χ1n) is 8.51. The van der Waals surface area contributed by atoms with E-state index < -0.39 is 5.60 Å². The van der Waals surface area contributed by atoms with Gasteiger partial charge in [-0.2, -0.15) is 0 Å². The van der Waals surface area contributed by atoms with E-state index in [1.807, 2.05) is 30.9 Å². The zero-order chi connectivity index (χ0) is 17.2. The molecule has 0 radical (unpaired) electrons. The van der Waals surface area contributed by atoms with Gasteiger partial charge < -0.3 is 19.1 Å². The highest BCUT2D eigenvalue weighted by molar-refractivity contribution is 5.84. The number of fused-ring (bicyclic) bond motifs is 1. The molecule has 2 heterocycles. The van der Waals surface area contributed by atoms with E-state index >= 15 is 0 Å². The van der Waals surface area contributed by atoms with Crippen molar-refractivity contribution >= 4 is 5.91 Å². The number of benzene rings is 1. The van der Waals surface area contributed by atoms with Gasteiger partial charge in [-0.3, -0.25) is 9.69 Å². The van der Waals surface area contributed by atoms with Crippen LogP contribution in [0.2, 0.25) is 0 Å². The summed E-state index contributed by atoms with van der Waals surface area (Å²) >= 11 is 0. The van der Waals surface area contributed by atoms with Gasteiger partial charge in [0.25, 0.3) is 5.91 Å². The summed E-state index contributed by atoms with van der Waals surface area (Å²) in [5.41, 5.74) is 0.494. The third-order valence-corrected chi connectivity index (χ3v) is 5.08. The van der Waals surface area contributed by atoms with Gasteiger partial charge >= 0.3 is 0 Å². The number of ether oxygens (including phenoxy) is 3. The molecule has 0 bridgehead atoms. The lowest BCUT2D eigenvalue weighted by molar-refractivity contribution is -0.155. The molecule has 1 atom stereocenters. The summed E-state index contributed by atoms with van der Waals surface area (Å²) in [6, 6.07) is 6.08. The molecule has 1 amide bonds. The Morgan fingerprint density at radius 3 is 2.58 bits per heavy atom. The molecule has 2 aliphatic rings. The molecule has 6 heteroatoms. The largest absolute Gasteiger partial charge is 0.454 e. The number of methoxy groups -OCH3 is 1. The lowest BCUT2D eigenvalue weighted by Crippen LogP contribution is -2.55. The van der Waals surface area contributed by atoms with Gasteiger partial charge in [0.1, 0.15) is 5.60 Å². The second kappa shape index (κ2) is 6.99. The Balaban J connectivity index is 1.55. The number of hydrogen-bond acceptors (Lipinski definition) is 5. The molecule has 1 saturated heterocycles. The van der Waals surface area contributed by atoms with Crippen LogP contribution in [0.25, 0.3) is 0 Å². The van der Waals surface area contributed by atoms with Crippen molar-refractivity contribution in [1.82, 2.24) is 9.80 Å². The zero-order valence-corrected chi connectivity index (χ0v) is 14.7. The van der Waals surface area contributed by atoms with Gasteiger partial charge in [-0.05, 0) is 31.0 Å². The van der Waals surface area contributed by atoms with Crippen LogP contribution in [0.1, 0.15) is 25.8 Å². The maximum Gasteiger partial charge on any atom is 0.254 e. The predicted octanol–water partition coefficient (Wildman–Crippen LogP) is 1.87. The van der Waals surface area contributed by atoms with Crippen LogP contribution in [0.3, 0.4) is 0 Å². The Labute approximate surface area is 143 Å². The fraction of sp³-hybridized carbons (Fsp3) is 0.611. The molecule has 0 aliphatic carbocycles. The Morgan fingerprint density at radius 1 is 1.21 bits per heavy atom. The molecule has 2 aliphatic heterocycles. The van der Waals surface area contributed by atoms with E-state index in [9.17, 15) is 4.79 Å². The third kappa shape index (κ3) is 3.35. The van der Waals surface area contributed by atoms with Gasteiger partial charge in [0.05, 0.1) is 0 Å². The normalized spacial score (nSPS) is 20.0. The molecule has 0 spiro atoms. The highest BCUT2D eigenvalue weighted by Crippen LogP contribution is 2.32. The van der Waals surface area contributed by atoms with E-state index in [2.05, 4.69) is 11.0 Å². The van der Waals surface area contributed by atoms with E-state index in [1.165, 1.54) is 5.56 Å². The Bertz CT molecular complexity index is 593. The van der Waals surface area contributed by atoms with Crippen LogP contribution in [0.5, 0.6) is 11.5 Å². The third-order valence-electron chi connectivity index (χ3n) is 5.08. The number of amides is 1. The lowest BCUT2D eigenvalue weighted by atomic mass is 10.0. The second-order valence-corrected chi connectivity index (χ2v) is 6.54. The average Bonchev–Trinajstić information content (AvgIpc) is 3.09. The van der Waals surface area contributed by atoms with Gasteiger partial charge in [0, 0.05) is 39.8 Å². The van der Waals surface area contributed by atoms with Crippen LogP contribution in [0.4, 0.5) is 0 Å². The van der Waals surface area contributed by atoms with Crippen molar-refractivity contribution in [2.24, 2.45) is 0 Å². The summed E-state index contributed by atoms with van der Waals surface area (Å²) in [7, 11) is 1.61. The summed E-state index contributed by atoms with van der Waals surface area (Å²) in [4.78, 5) is 16.9. The van der Waals surface area contributed by atoms with Crippen LogP contribution in [-0.2, 0) is 16.1 Å². The van der Waals surface area contributed by atoms with Gasteiger partial charge in [-0.1, -0.05) is 13.0 Å². The minimum atomic E-state index is -0.709. The molecule has 6 nitrogen and oxygen atoms in total. The first-order chi connectivity index (χ1) is 11.6. The number of piperazine rings is 1. The SMILES string of the molecule is CCC(C)(OC)C(=O)N1CCN(Cc2ccc3c(c2)OCO3)CC1. The lowest BCUT2D eigenvalue weighted by Gasteiger charge is -2.39. The average molecular weight is 334 g/mol. The van der Waals surface area contributed by atoms with Crippen molar-refractivity contribution in [2.45, 2.75) is 32.4 Å². The monoisotopic (exact) mass is 334 g/mol. The van der Waals surface area contributed by atoms with Gasteiger partial charge in [0.2, 0.25) is 6.79 Å². The smallest absolute Gasteiger partial charge is 0.254 e. The van der Waals surface area contributed by atoms with Crippen molar-refractivity contribution in [1.29, 1.82) is 0 Å². The number of nitrogens with zero attached hydrogens (tertiary/aromatic N) is 2. The topological polar surface area (TPSA) is 51.2 Å². The van der Waals surface area contributed by atoms with E-state index in [1.54, 1.807) is 7.11 Å². The molecule has 1 aromatic rings. The number of carbonyl (C=O) groups is 1. The van der Waals surface area contributed by atoms with Crippen molar-refractivity contribution < 1.29 is 19.0 Å². The molecule has 0 N–H and O–H groups in total. The summed E-state index contributed by atoms with van der Waals surface area (Å²) in [5, 5.41) is 0. The van der Waals surface area contributed by atoms with E-state index in [0.717, 1.165) is 44.2 Å². The fourth-order valence-electron chi connectivity index (χ4n) is 3.12. The van der Waals surface area contributed by atoms with E-state index in [-0.39, 0.29) is 5.91 Å². The quantitative estimate of drug-likeness (QED) is 0.823. The highest BCUT2D eigenvalue weighted by atomic mass is 16.7. The van der Waals surface area contributed by atoms with Crippen molar-refractivity contribution in [3.8, 4) is 11.5 Å². The first-order valence-corrected chi connectivity index (χ1v) is 8.51. The molecule has 1 fully saturated rings. The Hall–Kier alpha value is -1.79. The zero-order valence-electron chi connectivity index (χ0n) is 14.7. The fourth-order valence-corrected chi connectivity index (χ4v) is 3.12. The van der Waals surface area contributed by atoms with Crippen LogP contribution in [0.15, 0.2) is 18.2 Å². The van der Waals surface area contributed by atoms with Crippen LogP contribution >= 0.6 is 0 Å². The maximum atomic E-state index is 12.6. The molecule has 24 heavy (non-hydrogen) atoms. The molecule has 3 rings (SSSR count). The number of carbonyl (C=O) groups excluding carboxylic acids is 1. The van der Waals surface area contributed by atoms with Crippen molar-refractivity contribution in [2.75, 3.05) is 40.1 Å². The van der Waals surface area contributed by atoms with E-state index in [4.69, 9.17) is 14.2 Å². The summed E-state index contributed by atoms with van der Waals surface area (Å²) in [5.74, 6) is 1.72. The Kier molecular flexibility index (Phi) is 4.96. The van der Waals surface area contributed by atoms with Gasteiger partial charge in [-0.15, -0.1) is 0 Å². The Morgan fingerprint density at radius 2 is 1.92 bits per heavy atom. The van der Waals surface area contributed by atoms with Crippen LogP contribution in [0, 0.1) is 0 Å². The molecule has 1 aromatic carbocycles. The van der Waals surface area contributed by atoms with Gasteiger partial charge in [-0.25, -0.2) is 0 Å². The second-order valence-electron chi connectivity index (χ2n) is 6.54. The number of hydrogen-bond donors (Lipinski definition) is 0. The summed E-state index contributed by atoms with van der Waals surface area (Å²) in [6.07, 6.45) is 0.680. The molecular formula is C18H26N2O4. The molecule has 0 aromatic heterocycles. The summed E-state index contributed by atoms with van der Waals surface area (Å²) < 4.78 is 16.2. The van der Waals surface area contributed by atoms with Crippen LogP contribution < -0.4 is 9.47 Å². The standard InChI is InChI=1S/C18H26N2O4/c1-4-18(2,22-3)17(21)20-9-7-19(8-10-20)12-14-5-6-15-16(11-14)24-13-23-15/h5-6,11H,4,7-10,12-13H2,1-3H3. The van der Waals surface area contributed by atoms with E-state index in [0.29, 0.717) is 13.2 Å². The minimum absolute atomic E-state index is 0.0928. The maximum absolute atomic E-state index is 12.6. The summed E-state index contributed by atoms with van der Waals surface area (Å²) in [6.45, 7) is 8.22. The predicted molar refractivity (Wildman–Crippen MR) is 90.1 cm³/mol. The molecular weight excluding hydrogens is 308 g/mol. The minimum Gasteiger partial charge on any atom is -0.454 e. The molecule has 1 unspecified atom stereocenters. The molecule has 132 valence electrons. The van der Waals surface area contributed by atoms with Gasteiger partial charge in [0.15, 0.2) is 11.5 Å². The van der Waals surface area contributed by atoms with Crippen molar-refractivity contribution in [3.63, 3.8) is 0 Å². The first kappa shape index (κ1) is 17.0. The van der Waals surface area contributed by atoms with Crippen LogP contribution in [-0.4, -0.2) is 61.4 Å².